The summed E-state index contributed by atoms with van der Waals surface area (Å²) >= 11 is 6.46. The first kappa shape index (κ1) is 29.4. The van der Waals surface area contributed by atoms with Crippen LogP contribution in [0, 0.1) is 0 Å². The van der Waals surface area contributed by atoms with Crippen LogP contribution in [-0.2, 0) is 17.1 Å². The molecule has 222 valence electrons. The van der Waals surface area contributed by atoms with E-state index in [2.05, 4.69) is 42.5 Å². The fourth-order valence-corrected chi connectivity index (χ4v) is 5.39. The van der Waals surface area contributed by atoms with Crippen molar-refractivity contribution in [3.8, 4) is 16.9 Å². The van der Waals surface area contributed by atoms with E-state index in [9.17, 15) is 8.42 Å². The Kier molecular flexibility index (Phi) is 8.43. The van der Waals surface area contributed by atoms with Crippen LogP contribution in [0.3, 0.4) is 0 Å². The molecule has 2 aromatic carbocycles. The van der Waals surface area contributed by atoms with Gasteiger partial charge in [0.1, 0.15) is 10.8 Å². The first-order chi connectivity index (χ1) is 20.0. The van der Waals surface area contributed by atoms with Crippen molar-refractivity contribution in [1.29, 1.82) is 0 Å². The summed E-state index contributed by atoms with van der Waals surface area (Å²) in [6, 6.07) is 11.1. The van der Waals surface area contributed by atoms with Crippen LogP contribution in [0.4, 0.5) is 34.5 Å². The van der Waals surface area contributed by atoms with Gasteiger partial charge in [0.25, 0.3) is 0 Å². The number of nitrogens with zero attached hydrogens (tertiary/aromatic N) is 7. The van der Waals surface area contributed by atoms with Crippen LogP contribution in [0.15, 0.2) is 55.0 Å². The van der Waals surface area contributed by atoms with Crippen molar-refractivity contribution in [2.45, 2.75) is 0 Å². The van der Waals surface area contributed by atoms with Gasteiger partial charge in [-0.05, 0) is 25.2 Å². The minimum Gasteiger partial charge on any atom is -0.494 e. The molecule has 42 heavy (non-hydrogen) atoms. The number of para-hydroxylation sites is 2. The number of halogens is 1. The molecule has 0 bridgehead atoms. The maximum atomic E-state index is 12.2. The van der Waals surface area contributed by atoms with Crippen molar-refractivity contribution in [2.24, 2.45) is 7.05 Å². The number of likely N-dealkylation sites (N-methyl/N-ethyl adjacent to an activating group) is 1. The van der Waals surface area contributed by atoms with Crippen molar-refractivity contribution in [1.82, 2.24) is 24.6 Å². The number of ether oxygens (including phenoxy) is 1. The monoisotopic (exact) mass is 611 g/mol. The van der Waals surface area contributed by atoms with Gasteiger partial charge in [0.2, 0.25) is 16.0 Å². The zero-order chi connectivity index (χ0) is 30.0. The molecule has 0 aliphatic carbocycles. The molecule has 12 nitrogen and oxygen atoms in total. The van der Waals surface area contributed by atoms with Crippen molar-refractivity contribution in [3.05, 3.63) is 60.0 Å². The number of piperazine rings is 1. The number of hydrogen-bond acceptors (Lipinski definition) is 10. The first-order valence-corrected chi connectivity index (χ1v) is 15.5. The SMILES string of the molecule is COc1cc(N2CCN(C)CC2)c(-c2cnn(C)c2)cc1Nc1ncc(Cl)c(Nc2ccccc2N(C)S(C)(=O)=O)n1. The third-order valence-electron chi connectivity index (χ3n) is 7.16. The van der Waals surface area contributed by atoms with Crippen LogP contribution in [-0.4, -0.2) is 86.7 Å². The number of rotatable bonds is 9. The molecule has 0 unspecified atom stereocenters. The van der Waals surface area contributed by atoms with Gasteiger partial charge in [-0.3, -0.25) is 8.99 Å². The molecule has 4 aromatic rings. The Morgan fingerprint density at radius 2 is 1.76 bits per heavy atom. The van der Waals surface area contributed by atoms with Gasteiger partial charge >= 0.3 is 0 Å². The minimum atomic E-state index is -3.49. The molecule has 14 heteroatoms. The number of sulfonamides is 1. The van der Waals surface area contributed by atoms with E-state index in [1.54, 1.807) is 36.1 Å². The van der Waals surface area contributed by atoms with E-state index in [4.69, 9.17) is 16.3 Å². The van der Waals surface area contributed by atoms with Crippen LogP contribution >= 0.6 is 11.6 Å². The van der Waals surface area contributed by atoms with Gasteiger partial charge in [-0.25, -0.2) is 13.4 Å². The Bertz CT molecular complexity index is 1690. The molecule has 1 fully saturated rings. The van der Waals surface area contributed by atoms with Crippen molar-refractivity contribution < 1.29 is 13.2 Å². The lowest BCUT2D eigenvalue weighted by molar-refractivity contribution is 0.313. The Morgan fingerprint density at radius 3 is 2.43 bits per heavy atom. The lowest BCUT2D eigenvalue weighted by atomic mass is 10.0. The van der Waals surface area contributed by atoms with Crippen molar-refractivity contribution in [2.75, 3.05) is 73.5 Å². The number of anilines is 6. The smallest absolute Gasteiger partial charge is 0.232 e. The molecular weight excluding hydrogens is 578 g/mol. The summed E-state index contributed by atoms with van der Waals surface area (Å²) in [5.41, 5.74) is 4.67. The molecule has 1 aliphatic heterocycles. The van der Waals surface area contributed by atoms with E-state index >= 15 is 0 Å². The van der Waals surface area contributed by atoms with Gasteiger partial charge in [0.15, 0.2) is 5.82 Å². The number of aromatic nitrogens is 4. The Hall–Kier alpha value is -4.07. The molecule has 3 heterocycles. The standard InChI is InChI=1S/C28H34ClN9O3S/c1-35-10-12-38(13-11-35)25-15-26(41-4)23(14-20(25)19-16-31-36(2)18-19)33-28-30-17-21(29)27(34-28)32-22-8-6-7-9-24(22)37(3)42(5,39)40/h6-9,14-18H,10-13H2,1-5H3,(H2,30,32,33,34). The Morgan fingerprint density at radius 1 is 1.02 bits per heavy atom. The van der Waals surface area contributed by atoms with E-state index in [0.29, 0.717) is 28.6 Å². The van der Waals surface area contributed by atoms with Crippen molar-refractivity contribution in [3.63, 3.8) is 0 Å². The summed E-state index contributed by atoms with van der Waals surface area (Å²) in [6.45, 7) is 3.72. The van der Waals surface area contributed by atoms with Crippen LogP contribution in [0.1, 0.15) is 0 Å². The van der Waals surface area contributed by atoms with Crippen LogP contribution in [0.2, 0.25) is 5.02 Å². The van der Waals surface area contributed by atoms with Gasteiger partial charge in [0.05, 0.1) is 42.8 Å². The second kappa shape index (κ2) is 12.0. The fraction of sp³-hybridized carbons (Fsp3) is 0.321. The van der Waals surface area contributed by atoms with E-state index in [0.717, 1.165) is 49.2 Å². The second-order valence-corrected chi connectivity index (χ2v) is 12.6. The van der Waals surface area contributed by atoms with Gasteiger partial charge < -0.3 is 25.2 Å². The number of nitrogens with one attached hydrogen (secondary N) is 2. The predicted octanol–water partition coefficient (Wildman–Crippen LogP) is 4.17. The molecule has 1 saturated heterocycles. The number of benzene rings is 2. The number of aryl methyl sites for hydroxylation is 1. The van der Waals surface area contributed by atoms with Crippen LogP contribution in [0.25, 0.3) is 11.1 Å². The highest BCUT2D eigenvalue weighted by Crippen LogP contribution is 2.41. The van der Waals surface area contributed by atoms with Crippen LogP contribution < -0.4 is 24.6 Å². The summed E-state index contributed by atoms with van der Waals surface area (Å²) in [5, 5.41) is 11.1. The third kappa shape index (κ3) is 6.37. The Labute approximate surface area is 250 Å². The molecule has 0 amide bonds. The molecular formula is C28H34ClN9O3S. The predicted molar refractivity (Wildman–Crippen MR) is 168 cm³/mol. The molecule has 0 atom stereocenters. The van der Waals surface area contributed by atoms with Gasteiger partial charge in [-0.2, -0.15) is 10.1 Å². The third-order valence-corrected chi connectivity index (χ3v) is 8.63. The quantitative estimate of drug-likeness (QED) is 0.285. The summed E-state index contributed by atoms with van der Waals surface area (Å²) in [5.74, 6) is 1.22. The Balaban J connectivity index is 1.50. The first-order valence-electron chi connectivity index (χ1n) is 13.3. The topological polar surface area (TPSA) is 121 Å². The molecule has 0 spiro atoms. The maximum absolute atomic E-state index is 12.2. The summed E-state index contributed by atoms with van der Waals surface area (Å²) in [6.07, 6.45) is 6.45. The minimum absolute atomic E-state index is 0.269. The lowest BCUT2D eigenvalue weighted by Gasteiger charge is -2.35. The molecule has 0 saturated carbocycles. The summed E-state index contributed by atoms with van der Waals surface area (Å²) in [4.78, 5) is 13.7. The van der Waals surface area contributed by atoms with E-state index in [1.807, 2.05) is 31.6 Å². The molecule has 1 aliphatic rings. The zero-order valence-electron chi connectivity index (χ0n) is 24.2. The lowest BCUT2D eigenvalue weighted by Crippen LogP contribution is -2.44. The highest BCUT2D eigenvalue weighted by Gasteiger charge is 2.22. The molecule has 0 radical (unpaired) electrons. The highest BCUT2D eigenvalue weighted by atomic mass is 35.5. The zero-order valence-corrected chi connectivity index (χ0v) is 25.7. The van der Waals surface area contributed by atoms with Crippen LogP contribution in [0.5, 0.6) is 5.75 Å². The fourth-order valence-electron chi connectivity index (χ4n) is 4.73. The average molecular weight is 612 g/mol. The molecule has 2 N–H and O–H groups in total. The second-order valence-electron chi connectivity index (χ2n) is 10.2. The number of hydrogen-bond donors (Lipinski definition) is 2. The molecule has 2 aromatic heterocycles. The normalized spacial score (nSPS) is 14.1. The van der Waals surface area contributed by atoms with E-state index in [-0.39, 0.29) is 11.0 Å². The van der Waals surface area contributed by atoms with Gasteiger partial charge in [-0.1, -0.05) is 23.7 Å². The van der Waals surface area contributed by atoms with E-state index < -0.39 is 10.0 Å². The summed E-state index contributed by atoms with van der Waals surface area (Å²) < 4.78 is 33.2. The summed E-state index contributed by atoms with van der Waals surface area (Å²) in [7, 11) is 3.65. The van der Waals surface area contributed by atoms with Gasteiger partial charge in [0, 0.05) is 69.4 Å². The number of methoxy groups -OCH3 is 1. The maximum Gasteiger partial charge on any atom is 0.232 e. The van der Waals surface area contributed by atoms with E-state index in [1.165, 1.54) is 17.5 Å². The largest absolute Gasteiger partial charge is 0.494 e. The van der Waals surface area contributed by atoms with Crippen molar-refractivity contribution >= 4 is 56.1 Å². The average Bonchev–Trinajstić information content (AvgIpc) is 3.40. The van der Waals surface area contributed by atoms with Gasteiger partial charge in [-0.15, -0.1) is 0 Å². The highest BCUT2D eigenvalue weighted by molar-refractivity contribution is 7.92. The molecule has 5 rings (SSSR count).